The van der Waals surface area contributed by atoms with E-state index in [1.54, 1.807) is 6.20 Å². The summed E-state index contributed by atoms with van der Waals surface area (Å²) in [5, 5.41) is 0. The van der Waals surface area contributed by atoms with Gasteiger partial charge in [-0.15, -0.1) is 0 Å². The summed E-state index contributed by atoms with van der Waals surface area (Å²) in [4.78, 5) is 4.17. The lowest BCUT2D eigenvalue weighted by Gasteiger charge is -2.19. The third kappa shape index (κ3) is 3.02. The molecule has 0 saturated heterocycles. The molecule has 0 aliphatic rings. The average molecular weight is 193 g/mol. The quantitative estimate of drug-likeness (QED) is 0.719. The maximum atomic E-state index is 5.54. The molecule has 0 unspecified atom stereocenters. The maximum absolute atomic E-state index is 5.54. The topological polar surface area (TPSA) is 22.1 Å². The van der Waals surface area contributed by atoms with Crippen LogP contribution in [0.15, 0.2) is 18.3 Å². The molecule has 1 rings (SSSR count). The van der Waals surface area contributed by atoms with Gasteiger partial charge in [0.1, 0.15) is 0 Å². The third-order valence-electron chi connectivity index (χ3n) is 1.96. The Kier molecular flexibility index (Phi) is 3.14. The molecule has 0 atom stereocenters. The summed E-state index contributed by atoms with van der Waals surface area (Å²) in [6.07, 6.45) is 1.98. The predicted molar refractivity (Wildman–Crippen MR) is 58.7 cm³/mol. The van der Waals surface area contributed by atoms with Crippen molar-refractivity contribution in [3.63, 3.8) is 0 Å². The summed E-state index contributed by atoms with van der Waals surface area (Å²) in [5.41, 5.74) is 1.40. The Balaban J connectivity index is 2.90. The first-order chi connectivity index (χ1) is 6.39. The van der Waals surface area contributed by atoms with Crippen LogP contribution in [0.5, 0.6) is 5.88 Å². The van der Waals surface area contributed by atoms with Gasteiger partial charge < -0.3 is 4.74 Å². The van der Waals surface area contributed by atoms with Crippen LogP contribution in [0.4, 0.5) is 0 Å². The van der Waals surface area contributed by atoms with Gasteiger partial charge in [-0.2, -0.15) is 0 Å². The highest BCUT2D eigenvalue weighted by molar-refractivity contribution is 5.26. The van der Waals surface area contributed by atoms with Crippen LogP contribution in [0.2, 0.25) is 0 Å². The SMILES string of the molecule is CC(C)Oc1cc(C(C)(C)C)ccn1. The Labute approximate surface area is 86.3 Å². The monoisotopic (exact) mass is 193 g/mol. The molecule has 0 saturated carbocycles. The minimum Gasteiger partial charge on any atom is -0.475 e. The average Bonchev–Trinajstić information content (AvgIpc) is 2.01. The molecule has 0 spiro atoms. The summed E-state index contributed by atoms with van der Waals surface area (Å²) in [5.74, 6) is 0.715. The Morgan fingerprint density at radius 2 is 1.93 bits per heavy atom. The van der Waals surface area contributed by atoms with Crippen LogP contribution in [0.3, 0.4) is 0 Å². The Bertz CT molecular complexity index is 299. The smallest absolute Gasteiger partial charge is 0.213 e. The van der Waals surface area contributed by atoms with Crippen molar-refractivity contribution in [2.45, 2.75) is 46.1 Å². The largest absolute Gasteiger partial charge is 0.475 e. The van der Waals surface area contributed by atoms with E-state index in [0.717, 1.165) is 0 Å². The third-order valence-corrected chi connectivity index (χ3v) is 1.96. The van der Waals surface area contributed by atoms with E-state index >= 15 is 0 Å². The van der Waals surface area contributed by atoms with Crippen molar-refractivity contribution in [2.24, 2.45) is 0 Å². The molecule has 0 aliphatic carbocycles. The standard InChI is InChI=1S/C12H19NO/c1-9(2)14-11-8-10(6-7-13-11)12(3,4)5/h6-9H,1-5H3. The van der Waals surface area contributed by atoms with Crippen molar-refractivity contribution in [3.05, 3.63) is 23.9 Å². The minimum absolute atomic E-state index is 0.151. The normalized spacial score (nSPS) is 11.9. The molecule has 78 valence electrons. The second kappa shape index (κ2) is 3.99. The number of hydrogen-bond acceptors (Lipinski definition) is 2. The van der Waals surface area contributed by atoms with Gasteiger partial charge in [0.2, 0.25) is 5.88 Å². The molecular weight excluding hydrogens is 174 g/mol. The molecule has 0 aromatic carbocycles. The number of ether oxygens (including phenoxy) is 1. The molecule has 1 aromatic heterocycles. The van der Waals surface area contributed by atoms with Crippen molar-refractivity contribution in [1.29, 1.82) is 0 Å². The van der Waals surface area contributed by atoms with E-state index in [1.165, 1.54) is 5.56 Å². The molecule has 0 bridgehead atoms. The van der Waals surface area contributed by atoms with Gasteiger partial charge in [0.15, 0.2) is 0 Å². The zero-order valence-electron chi connectivity index (χ0n) is 9.66. The fraction of sp³-hybridized carbons (Fsp3) is 0.583. The maximum Gasteiger partial charge on any atom is 0.213 e. The first kappa shape index (κ1) is 11.0. The van der Waals surface area contributed by atoms with Crippen LogP contribution in [0.25, 0.3) is 0 Å². The fourth-order valence-corrected chi connectivity index (χ4v) is 1.18. The summed E-state index contributed by atoms with van der Waals surface area (Å²) >= 11 is 0. The number of pyridine rings is 1. The predicted octanol–water partition coefficient (Wildman–Crippen LogP) is 3.17. The molecular formula is C12H19NO. The zero-order valence-corrected chi connectivity index (χ0v) is 9.66. The van der Waals surface area contributed by atoms with Gasteiger partial charge in [-0.1, -0.05) is 20.8 Å². The van der Waals surface area contributed by atoms with Gasteiger partial charge in [0.25, 0.3) is 0 Å². The van der Waals surface area contributed by atoms with E-state index in [1.807, 2.05) is 26.0 Å². The van der Waals surface area contributed by atoms with Crippen LogP contribution >= 0.6 is 0 Å². The van der Waals surface area contributed by atoms with Crippen molar-refractivity contribution < 1.29 is 4.74 Å². The van der Waals surface area contributed by atoms with Crippen molar-refractivity contribution in [1.82, 2.24) is 4.98 Å². The summed E-state index contributed by atoms with van der Waals surface area (Å²) < 4.78 is 5.54. The number of aromatic nitrogens is 1. The van der Waals surface area contributed by atoms with Gasteiger partial charge >= 0.3 is 0 Å². The van der Waals surface area contributed by atoms with Crippen molar-refractivity contribution in [2.75, 3.05) is 0 Å². The Morgan fingerprint density at radius 3 is 2.43 bits per heavy atom. The molecule has 1 heterocycles. The highest BCUT2D eigenvalue weighted by Gasteiger charge is 2.14. The molecule has 14 heavy (non-hydrogen) atoms. The van der Waals surface area contributed by atoms with E-state index in [0.29, 0.717) is 5.88 Å². The second-order valence-corrected chi connectivity index (χ2v) is 4.80. The van der Waals surface area contributed by atoms with Gasteiger partial charge in [-0.3, -0.25) is 0 Å². The summed E-state index contributed by atoms with van der Waals surface area (Å²) in [6.45, 7) is 10.6. The first-order valence-electron chi connectivity index (χ1n) is 5.03. The Hall–Kier alpha value is -1.05. The molecule has 2 nitrogen and oxygen atoms in total. The van der Waals surface area contributed by atoms with Gasteiger partial charge in [0, 0.05) is 12.3 Å². The summed E-state index contributed by atoms with van der Waals surface area (Å²) in [6, 6.07) is 4.05. The fourth-order valence-electron chi connectivity index (χ4n) is 1.18. The lowest BCUT2D eigenvalue weighted by atomic mass is 9.88. The van der Waals surface area contributed by atoms with Gasteiger partial charge in [-0.05, 0) is 30.9 Å². The molecule has 0 N–H and O–H groups in total. The van der Waals surface area contributed by atoms with E-state index in [-0.39, 0.29) is 11.5 Å². The highest BCUT2D eigenvalue weighted by Crippen LogP contribution is 2.24. The lowest BCUT2D eigenvalue weighted by molar-refractivity contribution is 0.232. The minimum atomic E-state index is 0.151. The highest BCUT2D eigenvalue weighted by atomic mass is 16.5. The number of rotatable bonds is 2. The van der Waals surface area contributed by atoms with Crippen molar-refractivity contribution >= 4 is 0 Å². The van der Waals surface area contributed by atoms with Gasteiger partial charge in [-0.25, -0.2) is 4.98 Å². The Morgan fingerprint density at radius 1 is 1.29 bits per heavy atom. The van der Waals surface area contributed by atoms with Gasteiger partial charge in [0.05, 0.1) is 6.10 Å². The van der Waals surface area contributed by atoms with Crippen LogP contribution in [-0.2, 0) is 5.41 Å². The number of hydrogen-bond donors (Lipinski definition) is 0. The second-order valence-electron chi connectivity index (χ2n) is 4.80. The first-order valence-corrected chi connectivity index (χ1v) is 5.03. The van der Waals surface area contributed by atoms with Crippen LogP contribution in [-0.4, -0.2) is 11.1 Å². The molecule has 2 heteroatoms. The van der Waals surface area contributed by atoms with Crippen LogP contribution in [0, 0.1) is 0 Å². The zero-order chi connectivity index (χ0) is 10.8. The molecule has 0 aliphatic heterocycles. The van der Waals surface area contributed by atoms with E-state index in [4.69, 9.17) is 4.74 Å². The van der Waals surface area contributed by atoms with Crippen LogP contribution < -0.4 is 4.74 Å². The number of nitrogens with zero attached hydrogens (tertiary/aromatic N) is 1. The van der Waals surface area contributed by atoms with E-state index < -0.39 is 0 Å². The molecule has 0 amide bonds. The molecule has 0 fully saturated rings. The molecule has 1 aromatic rings. The van der Waals surface area contributed by atoms with Crippen LogP contribution in [0.1, 0.15) is 40.2 Å². The van der Waals surface area contributed by atoms with E-state index in [9.17, 15) is 0 Å². The van der Waals surface area contributed by atoms with Crippen molar-refractivity contribution in [3.8, 4) is 5.88 Å². The van der Waals surface area contributed by atoms with E-state index in [2.05, 4.69) is 25.8 Å². The summed E-state index contributed by atoms with van der Waals surface area (Å²) in [7, 11) is 0. The lowest BCUT2D eigenvalue weighted by Crippen LogP contribution is -2.13. The molecule has 0 radical (unpaired) electrons.